The fourth-order valence-corrected chi connectivity index (χ4v) is 5.52. The molecule has 4 heterocycles. The fourth-order valence-electron chi connectivity index (χ4n) is 5.04. The molecule has 18 heavy (non-hydrogen) atoms. The highest BCUT2D eigenvalue weighted by atomic mass is 32.1. The summed E-state index contributed by atoms with van der Waals surface area (Å²) in [5, 5.41) is 0. The molecule has 2 bridgehead atoms. The van der Waals surface area contributed by atoms with Crippen LogP contribution in [-0.4, -0.2) is 46.5 Å². The lowest BCUT2D eigenvalue weighted by atomic mass is 9.71. The van der Waals surface area contributed by atoms with E-state index in [0.717, 1.165) is 18.0 Å². The average molecular weight is 264 g/mol. The molecule has 4 aliphatic rings. The second kappa shape index (κ2) is 4.45. The third-order valence-corrected chi connectivity index (χ3v) is 6.39. The summed E-state index contributed by atoms with van der Waals surface area (Å²) in [7, 11) is 0. The molecule has 0 N–H and O–H groups in total. The molecule has 100 valence electrons. The van der Waals surface area contributed by atoms with E-state index in [1.54, 1.807) is 0 Å². The molecule has 0 radical (unpaired) electrons. The number of nitrogens with zero attached hydrogens (tertiary/aromatic N) is 2. The summed E-state index contributed by atoms with van der Waals surface area (Å²) in [5.74, 6) is 1.63. The van der Waals surface area contributed by atoms with E-state index in [1.165, 1.54) is 69.6 Å². The maximum Gasteiger partial charge on any atom is 0.0829 e. The average Bonchev–Trinajstić information content (AvgIpc) is 2.44. The molecule has 0 spiro atoms. The van der Waals surface area contributed by atoms with Crippen molar-refractivity contribution in [3.8, 4) is 0 Å². The van der Waals surface area contributed by atoms with Crippen LogP contribution in [-0.2, 0) is 0 Å². The van der Waals surface area contributed by atoms with Gasteiger partial charge in [-0.3, -0.25) is 4.90 Å². The van der Waals surface area contributed by atoms with Crippen molar-refractivity contribution in [3.63, 3.8) is 0 Å². The first-order valence-corrected chi connectivity index (χ1v) is 8.30. The Balaban J connectivity index is 1.63. The molecule has 4 atom stereocenters. The number of hydrogen-bond acceptors (Lipinski definition) is 2. The highest BCUT2D eigenvalue weighted by molar-refractivity contribution is 7.80. The summed E-state index contributed by atoms with van der Waals surface area (Å²) in [6.07, 6.45) is 9.83. The van der Waals surface area contributed by atoms with E-state index in [0.29, 0.717) is 5.92 Å². The summed E-state index contributed by atoms with van der Waals surface area (Å²) in [6, 6.07) is 1.59. The van der Waals surface area contributed by atoms with E-state index < -0.39 is 0 Å². The maximum absolute atomic E-state index is 5.88. The molecular formula is C15H24N2S. The van der Waals surface area contributed by atoms with Crippen molar-refractivity contribution in [3.05, 3.63) is 0 Å². The van der Waals surface area contributed by atoms with Gasteiger partial charge in [0.25, 0.3) is 0 Å². The number of piperidine rings is 4. The van der Waals surface area contributed by atoms with Crippen LogP contribution in [0.2, 0.25) is 0 Å². The van der Waals surface area contributed by atoms with Crippen LogP contribution >= 0.6 is 12.2 Å². The van der Waals surface area contributed by atoms with Crippen LogP contribution in [0, 0.1) is 11.8 Å². The molecule has 0 aromatic heterocycles. The number of fused-ring (bicyclic) bond motifs is 6. The van der Waals surface area contributed by atoms with Crippen LogP contribution in [0.15, 0.2) is 0 Å². The molecule has 0 unspecified atom stereocenters. The van der Waals surface area contributed by atoms with Gasteiger partial charge in [0, 0.05) is 31.1 Å². The van der Waals surface area contributed by atoms with Crippen molar-refractivity contribution < 1.29 is 0 Å². The van der Waals surface area contributed by atoms with E-state index in [4.69, 9.17) is 12.2 Å². The highest BCUT2D eigenvalue weighted by Gasteiger charge is 2.48. The first-order valence-electron chi connectivity index (χ1n) is 7.89. The smallest absolute Gasteiger partial charge is 0.0829 e. The third-order valence-electron chi connectivity index (χ3n) is 5.85. The van der Waals surface area contributed by atoms with Gasteiger partial charge in [-0.25, -0.2) is 0 Å². The van der Waals surface area contributed by atoms with Gasteiger partial charge < -0.3 is 4.90 Å². The van der Waals surface area contributed by atoms with Gasteiger partial charge in [0.05, 0.1) is 4.99 Å². The molecule has 4 saturated heterocycles. The highest BCUT2D eigenvalue weighted by Crippen LogP contribution is 2.43. The predicted octanol–water partition coefficient (Wildman–Crippen LogP) is 2.67. The van der Waals surface area contributed by atoms with Gasteiger partial charge in [0.15, 0.2) is 0 Å². The predicted molar refractivity (Wildman–Crippen MR) is 77.8 cm³/mol. The topological polar surface area (TPSA) is 6.48 Å². The van der Waals surface area contributed by atoms with Gasteiger partial charge in [-0.2, -0.15) is 0 Å². The van der Waals surface area contributed by atoms with Crippen LogP contribution in [0.5, 0.6) is 0 Å². The van der Waals surface area contributed by atoms with E-state index in [-0.39, 0.29) is 0 Å². The lowest BCUT2D eigenvalue weighted by molar-refractivity contribution is -0.00787. The molecule has 2 nitrogen and oxygen atoms in total. The first kappa shape index (κ1) is 11.7. The number of thiocarbonyl (C=S) groups is 1. The minimum atomic E-state index is 0.716. The van der Waals surface area contributed by atoms with Crippen molar-refractivity contribution in [2.75, 3.05) is 19.6 Å². The molecule has 0 aromatic rings. The second-order valence-corrected chi connectivity index (χ2v) is 7.17. The van der Waals surface area contributed by atoms with Gasteiger partial charge in [0.2, 0.25) is 0 Å². The van der Waals surface area contributed by atoms with E-state index in [1.807, 2.05) is 0 Å². The van der Waals surface area contributed by atoms with Gasteiger partial charge in [-0.05, 0) is 51.0 Å². The van der Waals surface area contributed by atoms with Crippen molar-refractivity contribution in [1.82, 2.24) is 9.80 Å². The largest absolute Gasteiger partial charge is 0.363 e. The van der Waals surface area contributed by atoms with Crippen LogP contribution in [0.4, 0.5) is 0 Å². The molecule has 4 rings (SSSR count). The summed E-state index contributed by atoms with van der Waals surface area (Å²) < 4.78 is 0. The van der Waals surface area contributed by atoms with Crippen molar-refractivity contribution in [1.29, 1.82) is 0 Å². The molecule has 0 aliphatic carbocycles. The molecule has 0 saturated carbocycles. The first-order chi connectivity index (χ1) is 8.84. The zero-order valence-electron chi connectivity index (χ0n) is 11.2. The summed E-state index contributed by atoms with van der Waals surface area (Å²) in [4.78, 5) is 6.78. The van der Waals surface area contributed by atoms with Gasteiger partial charge in [-0.15, -0.1) is 0 Å². The Morgan fingerprint density at radius 3 is 2.61 bits per heavy atom. The Hall–Kier alpha value is -0.150. The maximum atomic E-state index is 5.88. The molecule has 4 fully saturated rings. The van der Waals surface area contributed by atoms with Crippen molar-refractivity contribution in [2.45, 2.75) is 57.0 Å². The van der Waals surface area contributed by atoms with Crippen LogP contribution < -0.4 is 0 Å². The van der Waals surface area contributed by atoms with Gasteiger partial charge >= 0.3 is 0 Å². The van der Waals surface area contributed by atoms with Gasteiger partial charge in [-0.1, -0.05) is 18.6 Å². The quantitative estimate of drug-likeness (QED) is 0.621. The van der Waals surface area contributed by atoms with Crippen LogP contribution in [0.1, 0.15) is 44.9 Å². The summed E-state index contributed by atoms with van der Waals surface area (Å²) in [5.41, 5.74) is 0. The van der Waals surface area contributed by atoms with Crippen LogP contribution in [0.3, 0.4) is 0 Å². The number of rotatable bonds is 0. The Bertz CT molecular complexity index is 354. The standard InChI is InChI=1S/C15H24N2S/c18-15-12-9-11(13-5-2-4-8-17(13)15)10-16-7-3-1-6-14(12)16/h11-14H,1-10H2/t11-,12+,13+,14-/m0/s1. The number of hydrogen-bond donors (Lipinski definition) is 0. The fraction of sp³-hybridized carbons (Fsp3) is 0.933. The van der Waals surface area contributed by atoms with E-state index in [2.05, 4.69) is 9.80 Å². The lowest BCUT2D eigenvalue weighted by Gasteiger charge is -2.57. The molecule has 0 amide bonds. The Labute approximate surface area is 116 Å². The van der Waals surface area contributed by atoms with Gasteiger partial charge in [0.1, 0.15) is 0 Å². The SMILES string of the molecule is S=C1[C@@H]2C[C@@H](CN3CCCC[C@@H]23)[C@H]2CCCCN12. The summed E-state index contributed by atoms with van der Waals surface area (Å²) in [6.45, 7) is 3.96. The Kier molecular flexibility index (Phi) is 2.88. The van der Waals surface area contributed by atoms with E-state index in [9.17, 15) is 0 Å². The van der Waals surface area contributed by atoms with Crippen molar-refractivity contribution >= 4 is 17.2 Å². The Morgan fingerprint density at radius 2 is 1.72 bits per heavy atom. The van der Waals surface area contributed by atoms with Crippen molar-refractivity contribution in [2.24, 2.45) is 11.8 Å². The minimum Gasteiger partial charge on any atom is -0.363 e. The monoisotopic (exact) mass is 264 g/mol. The zero-order valence-corrected chi connectivity index (χ0v) is 12.0. The summed E-state index contributed by atoms with van der Waals surface area (Å²) >= 11 is 5.88. The minimum absolute atomic E-state index is 0.716. The molecule has 0 aromatic carbocycles. The lowest BCUT2D eigenvalue weighted by Crippen LogP contribution is -2.65. The molecule has 4 aliphatic heterocycles. The molecular weight excluding hydrogens is 240 g/mol. The third kappa shape index (κ3) is 1.66. The molecule has 3 heteroatoms. The Morgan fingerprint density at radius 1 is 0.944 bits per heavy atom. The zero-order chi connectivity index (χ0) is 12.1. The second-order valence-electron chi connectivity index (χ2n) is 6.76. The van der Waals surface area contributed by atoms with E-state index >= 15 is 0 Å². The van der Waals surface area contributed by atoms with Crippen LogP contribution in [0.25, 0.3) is 0 Å². The normalized spacial score (nSPS) is 44.4.